The molecule has 1 aromatic carbocycles. The van der Waals surface area contributed by atoms with Crippen LogP contribution < -0.4 is 0 Å². The Labute approximate surface area is 121 Å². The number of hydrogen-bond acceptors (Lipinski definition) is 3. The third kappa shape index (κ3) is 4.94. The Bertz CT molecular complexity index is 409. The zero-order valence-corrected chi connectivity index (χ0v) is 14.2. The molecule has 0 atom stereocenters. The lowest BCUT2D eigenvalue weighted by Gasteiger charge is -2.31. The molecular weight excluding hydrogens is 282 g/mol. The number of rotatable bonds is 9. The lowest BCUT2D eigenvalue weighted by molar-refractivity contribution is -0.343. The fourth-order valence-corrected chi connectivity index (χ4v) is 2.49. The maximum Gasteiger partial charge on any atom is 0.272 e. The van der Waals surface area contributed by atoms with Crippen LogP contribution in [0, 0.1) is 11.6 Å². The maximum absolute atomic E-state index is 13.1. The second-order valence-corrected chi connectivity index (χ2v) is 4.76. The smallest absolute Gasteiger partial charge is 0.272 e. The van der Waals surface area contributed by atoms with Gasteiger partial charge in [0.15, 0.2) is 22.1 Å². The fourth-order valence-electron chi connectivity index (χ4n) is 2.05. The Morgan fingerprint density at radius 3 is 2.25 bits per heavy atom. The Morgan fingerprint density at radius 1 is 1.10 bits per heavy atom. The zero-order chi connectivity index (χ0) is 15.0. The number of halogens is 2. The minimum absolute atomic E-state index is 0.493. The summed E-state index contributed by atoms with van der Waals surface area (Å²) in [6.45, 7) is 4.74. The first-order valence-electron chi connectivity index (χ1n) is 6.84. The molecule has 0 spiro atoms. The van der Waals surface area contributed by atoms with E-state index in [1.165, 1.54) is 6.07 Å². The highest BCUT2D eigenvalue weighted by atomic mass is 28.2. The highest BCUT2D eigenvalue weighted by molar-refractivity contribution is 5.98. The molecule has 0 aliphatic carbocycles. The van der Waals surface area contributed by atoms with Gasteiger partial charge in [-0.3, -0.25) is 0 Å². The van der Waals surface area contributed by atoms with Gasteiger partial charge in [-0.2, -0.15) is 0 Å². The van der Waals surface area contributed by atoms with Crippen LogP contribution in [-0.4, -0.2) is 29.7 Å². The van der Waals surface area contributed by atoms with E-state index in [-0.39, 0.29) is 0 Å². The molecule has 0 unspecified atom stereocenters. The zero-order valence-electron chi connectivity index (χ0n) is 12.2. The van der Waals surface area contributed by atoms with E-state index in [9.17, 15) is 8.78 Å². The van der Waals surface area contributed by atoms with E-state index in [2.05, 4.69) is 0 Å². The van der Waals surface area contributed by atoms with Gasteiger partial charge in [0.1, 0.15) is 0 Å². The molecule has 0 aromatic heterocycles. The van der Waals surface area contributed by atoms with Crippen molar-refractivity contribution in [3.8, 4) is 0 Å². The predicted octanol–water partition coefficient (Wildman–Crippen LogP) is 2.31. The number of aryl methyl sites for hydroxylation is 1. The first-order chi connectivity index (χ1) is 9.56. The highest BCUT2D eigenvalue weighted by Crippen LogP contribution is 2.22. The predicted molar refractivity (Wildman–Crippen MR) is 76.3 cm³/mol. The van der Waals surface area contributed by atoms with Crippen molar-refractivity contribution in [3.63, 3.8) is 0 Å². The largest absolute Gasteiger partial charge is 0.380 e. The summed E-state index contributed by atoms with van der Waals surface area (Å²) in [6, 6.07) is 3.95. The summed E-state index contributed by atoms with van der Waals surface area (Å²) in [7, 11) is 0.499. The molecule has 3 nitrogen and oxygen atoms in total. The molecule has 0 heterocycles. The highest BCUT2D eigenvalue weighted by Gasteiger charge is 2.30. The summed E-state index contributed by atoms with van der Waals surface area (Å²) in [5, 5.41) is 0. The summed E-state index contributed by atoms with van der Waals surface area (Å²) >= 11 is 0. The normalized spacial score (nSPS) is 12.0. The standard InChI is InChI=1S/C14H22F2O3Si/c1-3-17-14(19-20,18-4-2)9-5-6-11-7-8-12(15)13(16)10-11/h7-8,10H,3-6,9H2,1-2,20H3. The van der Waals surface area contributed by atoms with Gasteiger partial charge in [-0.15, -0.1) is 0 Å². The Morgan fingerprint density at radius 2 is 1.75 bits per heavy atom. The topological polar surface area (TPSA) is 27.7 Å². The molecule has 0 radical (unpaired) electrons. The van der Waals surface area contributed by atoms with Gasteiger partial charge in [0.2, 0.25) is 0 Å². The molecule has 6 heteroatoms. The molecule has 1 rings (SSSR count). The number of ether oxygens (including phenoxy) is 2. The van der Waals surface area contributed by atoms with Crippen molar-refractivity contribution in [1.82, 2.24) is 0 Å². The van der Waals surface area contributed by atoms with Crippen molar-refractivity contribution in [2.24, 2.45) is 0 Å². The minimum atomic E-state index is -0.992. The summed E-state index contributed by atoms with van der Waals surface area (Å²) in [4.78, 5) is 0. The van der Waals surface area contributed by atoms with Crippen LogP contribution in [0.5, 0.6) is 0 Å². The van der Waals surface area contributed by atoms with Gasteiger partial charge >= 0.3 is 0 Å². The van der Waals surface area contributed by atoms with Crippen LogP contribution in [0.1, 0.15) is 32.3 Å². The number of benzene rings is 1. The van der Waals surface area contributed by atoms with Crippen molar-refractivity contribution in [3.05, 3.63) is 35.4 Å². The van der Waals surface area contributed by atoms with Gasteiger partial charge in [-0.25, -0.2) is 8.78 Å². The molecule has 0 saturated carbocycles. The Kier molecular flexibility index (Phi) is 7.29. The first-order valence-corrected chi connectivity index (χ1v) is 7.65. The van der Waals surface area contributed by atoms with E-state index in [4.69, 9.17) is 13.9 Å². The third-order valence-electron chi connectivity index (χ3n) is 2.97. The van der Waals surface area contributed by atoms with Gasteiger partial charge in [0, 0.05) is 19.6 Å². The number of hydrogen-bond donors (Lipinski definition) is 0. The molecule has 0 N–H and O–H groups in total. The second-order valence-electron chi connectivity index (χ2n) is 4.36. The van der Waals surface area contributed by atoms with E-state index in [1.54, 1.807) is 6.07 Å². The van der Waals surface area contributed by atoms with E-state index in [0.717, 1.165) is 11.6 Å². The van der Waals surface area contributed by atoms with Crippen LogP contribution in [0.15, 0.2) is 18.2 Å². The van der Waals surface area contributed by atoms with Crippen LogP contribution in [0.4, 0.5) is 8.78 Å². The van der Waals surface area contributed by atoms with Crippen LogP contribution in [0.25, 0.3) is 0 Å². The molecular formula is C14H22F2O3Si. The van der Waals surface area contributed by atoms with Crippen molar-refractivity contribution < 1.29 is 22.7 Å². The lowest BCUT2D eigenvalue weighted by Crippen LogP contribution is -2.38. The monoisotopic (exact) mass is 304 g/mol. The van der Waals surface area contributed by atoms with Gasteiger partial charge in [-0.1, -0.05) is 6.07 Å². The minimum Gasteiger partial charge on any atom is -0.380 e. The average Bonchev–Trinajstić information content (AvgIpc) is 2.43. The molecule has 0 saturated heterocycles. The Hall–Kier alpha value is -0.823. The second kappa shape index (κ2) is 8.46. The molecule has 0 aliphatic rings. The van der Waals surface area contributed by atoms with Crippen molar-refractivity contribution in [1.29, 1.82) is 0 Å². The molecule has 114 valence electrons. The van der Waals surface area contributed by atoms with Gasteiger partial charge in [0.25, 0.3) is 5.97 Å². The van der Waals surface area contributed by atoms with Gasteiger partial charge in [-0.05, 0) is 44.4 Å². The fraction of sp³-hybridized carbons (Fsp3) is 0.571. The van der Waals surface area contributed by atoms with E-state index in [1.807, 2.05) is 13.8 Å². The van der Waals surface area contributed by atoms with Crippen LogP contribution in [0.2, 0.25) is 0 Å². The molecule has 20 heavy (non-hydrogen) atoms. The van der Waals surface area contributed by atoms with Crippen molar-refractivity contribution >= 4 is 10.5 Å². The van der Waals surface area contributed by atoms with Gasteiger partial charge in [0.05, 0.1) is 0 Å². The molecule has 0 amide bonds. The van der Waals surface area contributed by atoms with E-state index < -0.39 is 17.6 Å². The molecule has 0 aliphatic heterocycles. The SMILES string of the molecule is CCOC(CCCc1ccc(F)c(F)c1)(O[SiH3])OCC. The van der Waals surface area contributed by atoms with E-state index >= 15 is 0 Å². The molecule has 0 fully saturated rings. The molecule has 1 aromatic rings. The molecule has 0 bridgehead atoms. The van der Waals surface area contributed by atoms with Crippen LogP contribution >= 0.6 is 0 Å². The average molecular weight is 304 g/mol. The summed E-state index contributed by atoms with van der Waals surface area (Å²) < 4.78 is 42.5. The summed E-state index contributed by atoms with van der Waals surface area (Å²) in [5.41, 5.74) is 0.749. The van der Waals surface area contributed by atoms with Gasteiger partial charge < -0.3 is 13.9 Å². The Balaban J connectivity index is 2.56. The third-order valence-corrected chi connectivity index (χ3v) is 3.59. The summed E-state index contributed by atoms with van der Waals surface area (Å²) in [5.74, 6) is -2.63. The lowest BCUT2D eigenvalue weighted by atomic mass is 10.1. The van der Waals surface area contributed by atoms with Crippen LogP contribution in [0.3, 0.4) is 0 Å². The van der Waals surface area contributed by atoms with E-state index in [0.29, 0.717) is 43.0 Å². The quantitative estimate of drug-likeness (QED) is 0.517. The van der Waals surface area contributed by atoms with Crippen LogP contribution in [-0.2, 0) is 20.3 Å². The van der Waals surface area contributed by atoms with Crippen molar-refractivity contribution in [2.45, 2.75) is 39.1 Å². The maximum atomic E-state index is 13.1. The first kappa shape index (κ1) is 17.2. The van der Waals surface area contributed by atoms with Crippen molar-refractivity contribution in [2.75, 3.05) is 13.2 Å². The summed E-state index contributed by atoms with van der Waals surface area (Å²) in [6.07, 6.45) is 1.87.